The number of carbonyl (C=O) groups excluding carboxylic acids is 1. The maximum atomic E-state index is 11.7. The van der Waals surface area contributed by atoms with Crippen LogP contribution in [0.25, 0.3) is 0 Å². The molecule has 0 unspecified atom stereocenters. The molecule has 1 aliphatic heterocycles. The highest BCUT2D eigenvalue weighted by molar-refractivity contribution is 5.77. The monoisotopic (exact) mass is 293 g/mol. The Balaban J connectivity index is 2.22. The molecule has 1 fully saturated rings. The van der Waals surface area contributed by atoms with E-state index in [0.717, 1.165) is 24.2 Å². The fourth-order valence-electron chi connectivity index (χ4n) is 2.84. The molecule has 1 N–H and O–H groups in total. The molecule has 0 bridgehead atoms. The molecule has 0 atom stereocenters. The molecule has 0 saturated carbocycles. The van der Waals surface area contributed by atoms with E-state index >= 15 is 0 Å². The first-order valence-corrected chi connectivity index (χ1v) is 7.19. The summed E-state index contributed by atoms with van der Waals surface area (Å²) >= 11 is 0. The van der Waals surface area contributed by atoms with Crippen LogP contribution in [0.4, 0.5) is 0 Å². The van der Waals surface area contributed by atoms with Gasteiger partial charge >= 0.3 is 0 Å². The van der Waals surface area contributed by atoms with Crippen LogP contribution < -0.4 is 10.1 Å². The predicted molar refractivity (Wildman–Crippen MR) is 79.6 cm³/mol. The summed E-state index contributed by atoms with van der Waals surface area (Å²) in [6.07, 6.45) is 1.72. The molecule has 1 aromatic carbocycles. The Hall–Kier alpha value is -1.59. The Bertz CT molecular complexity index is 469. The number of ether oxygens (including phenoxy) is 3. The summed E-state index contributed by atoms with van der Waals surface area (Å²) in [5.74, 6) is 0.763. The van der Waals surface area contributed by atoms with Gasteiger partial charge in [-0.1, -0.05) is 18.2 Å². The fourth-order valence-corrected chi connectivity index (χ4v) is 2.84. The Morgan fingerprint density at radius 1 is 1.29 bits per heavy atom. The quantitative estimate of drug-likeness (QED) is 0.863. The third kappa shape index (κ3) is 3.74. The predicted octanol–water partition coefficient (Wildman–Crippen LogP) is 1.51. The number of hydrogen-bond acceptors (Lipinski definition) is 4. The normalized spacial score (nSPS) is 17.2. The maximum absolute atomic E-state index is 11.7. The molecule has 0 aromatic heterocycles. The van der Waals surface area contributed by atoms with E-state index in [2.05, 4.69) is 11.4 Å². The molecule has 0 aliphatic carbocycles. The Labute approximate surface area is 125 Å². The number of benzene rings is 1. The summed E-state index contributed by atoms with van der Waals surface area (Å²) in [7, 11) is 3.19. The second kappa shape index (κ2) is 7.43. The minimum atomic E-state index is -0.145. The molecule has 2 rings (SSSR count). The van der Waals surface area contributed by atoms with Crippen molar-refractivity contribution in [3.8, 4) is 5.75 Å². The third-order valence-corrected chi connectivity index (χ3v) is 4.03. The first-order valence-electron chi connectivity index (χ1n) is 7.19. The number of hydrogen-bond donors (Lipinski definition) is 1. The average molecular weight is 293 g/mol. The van der Waals surface area contributed by atoms with Crippen LogP contribution in [-0.2, 0) is 19.7 Å². The minimum Gasteiger partial charge on any atom is -0.496 e. The molecule has 5 heteroatoms. The van der Waals surface area contributed by atoms with E-state index in [0.29, 0.717) is 19.8 Å². The largest absolute Gasteiger partial charge is 0.496 e. The summed E-state index contributed by atoms with van der Waals surface area (Å²) < 4.78 is 15.9. The van der Waals surface area contributed by atoms with Gasteiger partial charge < -0.3 is 19.5 Å². The molecule has 5 nitrogen and oxygen atoms in total. The van der Waals surface area contributed by atoms with Gasteiger partial charge in [0, 0.05) is 37.8 Å². The van der Waals surface area contributed by atoms with Crippen molar-refractivity contribution in [2.75, 3.05) is 40.6 Å². The van der Waals surface area contributed by atoms with Gasteiger partial charge in [-0.25, -0.2) is 0 Å². The number of methoxy groups -OCH3 is 2. The molecular formula is C16H23NO4. The standard InChI is InChI=1S/C16H23NO4/c1-19-11-15(18)17-12-16(7-9-21-10-8-16)13-5-3-4-6-14(13)20-2/h3-6H,7-12H2,1-2H3,(H,17,18). The van der Waals surface area contributed by atoms with Crippen molar-refractivity contribution in [2.45, 2.75) is 18.3 Å². The lowest BCUT2D eigenvalue weighted by Crippen LogP contribution is -2.45. The van der Waals surface area contributed by atoms with Crippen LogP contribution in [-0.4, -0.2) is 46.5 Å². The van der Waals surface area contributed by atoms with Crippen LogP contribution >= 0.6 is 0 Å². The van der Waals surface area contributed by atoms with Crippen molar-refractivity contribution >= 4 is 5.91 Å². The first-order chi connectivity index (χ1) is 10.2. The highest BCUT2D eigenvalue weighted by Gasteiger charge is 2.36. The van der Waals surface area contributed by atoms with Gasteiger partial charge in [0.1, 0.15) is 12.4 Å². The lowest BCUT2D eigenvalue weighted by molar-refractivity contribution is -0.125. The zero-order valence-electron chi connectivity index (χ0n) is 12.7. The molecule has 1 saturated heterocycles. The molecule has 0 radical (unpaired) electrons. The van der Waals surface area contributed by atoms with Crippen LogP contribution in [0, 0.1) is 0 Å². The molecule has 0 spiro atoms. The van der Waals surface area contributed by atoms with Crippen molar-refractivity contribution in [1.82, 2.24) is 5.32 Å². The van der Waals surface area contributed by atoms with Crippen LogP contribution in [0.15, 0.2) is 24.3 Å². The van der Waals surface area contributed by atoms with E-state index in [-0.39, 0.29) is 17.9 Å². The van der Waals surface area contributed by atoms with Crippen molar-refractivity contribution in [1.29, 1.82) is 0 Å². The SMILES string of the molecule is COCC(=O)NCC1(c2ccccc2OC)CCOCC1. The second-order valence-electron chi connectivity index (χ2n) is 5.30. The molecule has 1 heterocycles. The lowest BCUT2D eigenvalue weighted by Gasteiger charge is -2.38. The molecule has 1 amide bonds. The summed E-state index contributed by atoms with van der Waals surface area (Å²) in [6, 6.07) is 8.00. The number of amides is 1. The van der Waals surface area contributed by atoms with Crippen molar-refractivity contribution in [2.24, 2.45) is 0 Å². The van der Waals surface area contributed by atoms with Crippen molar-refractivity contribution < 1.29 is 19.0 Å². The second-order valence-corrected chi connectivity index (χ2v) is 5.30. The van der Waals surface area contributed by atoms with Gasteiger partial charge in [-0.15, -0.1) is 0 Å². The summed E-state index contributed by atoms with van der Waals surface area (Å²) in [5, 5.41) is 2.97. The number of carbonyl (C=O) groups is 1. The van der Waals surface area contributed by atoms with E-state index in [4.69, 9.17) is 14.2 Å². The fraction of sp³-hybridized carbons (Fsp3) is 0.562. The molecule has 116 valence electrons. The van der Waals surface area contributed by atoms with Crippen LogP contribution in [0.3, 0.4) is 0 Å². The van der Waals surface area contributed by atoms with Gasteiger partial charge in [0.2, 0.25) is 5.91 Å². The molecule has 21 heavy (non-hydrogen) atoms. The Morgan fingerprint density at radius 2 is 2.00 bits per heavy atom. The molecule has 1 aromatic rings. The first kappa shape index (κ1) is 15.8. The van der Waals surface area contributed by atoms with Gasteiger partial charge in [-0.05, 0) is 18.9 Å². The zero-order valence-corrected chi connectivity index (χ0v) is 12.7. The highest BCUT2D eigenvalue weighted by atomic mass is 16.5. The van der Waals surface area contributed by atoms with Gasteiger partial charge in [0.05, 0.1) is 7.11 Å². The minimum absolute atomic E-state index is 0.0818. The van der Waals surface area contributed by atoms with Gasteiger partial charge in [-0.2, -0.15) is 0 Å². The smallest absolute Gasteiger partial charge is 0.246 e. The van der Waals surface area contributed by atoms with E-state index in [9.17, 15) is 4.79 Å². The van der Waals surface area contributed by atoms with Crippen molar-refractivity contribution in [3.63, 3.8) is 0 Å². The zero-order chi connectivity index (χ0) is 15.1. The van der Waals surface area contributed by atoms with E-state index in [1.54, 1.807) is 7.11 Å². The third-order valence-electron chi connectivity index (χ3n) is 4.03. The number of para-hydroxylation sites is 1. The average Bonchev–Trinajstić information content (AvgIpc) is 2.54. The summed E-state index contributed by atoms with van der Waals surface area (Å²) in [4.78, 5) is 11.7. The summed E-state index contributed by atoms with van der Waals surface area (Å²) in [6.45, 7) is 2.04. The van der Waals surface area contributed by atoms with E-state index in [1.165, 1.54) is 7.11 Å². The lowest BCUT2D eigenvalue weighted by atomic mass is 9.73. The van der Waals surface area contributed by atoms with Crippen LogP contribution in [0.5, 0.6) is 5.75 Å². The van der Waals surface area contributed by atoms with E-state index in [1.807, 2.05) is 18.2 Å². The Kier molecular flexibility index (Phi) is 5.59. The Morgan fingerprint density at radius 3 is 2.67 bits per heavy atom. The highest BCUT2D eigenvalue weighted by Crippen LogP contribution is 2.39. The summed E-state index contributed by atoms with van der Waals surface area (Å²) in [5.41, 5.74) is 0.988. The van der Waals surface area contributed by atoms with Gasteiger partial charge in [0.25, 0.3) is 0 Å². The van der Waals surface area contributed by atoms with Gasteiger partial charge in [0.15, 0.2) is 0 Å². The molecule has 1 aliphatic rings. The van der Waals surface area contributed by atoms with E-state index < -0.39 is 0 Å². The van der Waals surface area contributed by atoms with Crippen LogP contribution in [0.2, 0.25) is 0 Å². The maximum Gasteiger partial charge on any atom is 0.246 e. The van der Waals surface area contributed by atoms with Crippen LogP contribution in [0.1, 0.15) is 18.4 Å². The molecular weight excluding hydrogens is 270 g/mol. The number of nitrogens with one attached hydrogen (secondary N) is 1. The van der Waals surface area contributed by atoms with Crippen molar-refractivity contribution in [3.05, 3.63) is 29.8 Å². The number of rotatable bonds is 6. The van der Waals surface area contributed by atoms with Gasteiger partial charge in [-0.3, -0.25) is 4.79 Å². The topological polar surface area (TPSA) is 56.8 Å².